The Kier molecular flexibility index (Phi) is 4.35. The molecule has 0 atom stereocenters. The molecule has 0 heterocycles. The van der Waals surface area contributed by atoms with Crippen molar-refractivity contribution in [1.82, 2.24) is 0 Å². The maximum atomic E-state index is 9.58. The van der Waals surface area contributed by atoms with Crippen LogP contribution in [0.15, 0.2) is 47.4 Å². The van der Waals surface area contributed by atoms with Gasteiger partial charge >= 0.3 is 0 Å². The van der Waals surface area contributed by atoms with E-state index in [4.69, 9.17) is 5.73 Å². The number of hydrogen-bond acceptors (Lipinski definition) is 4. The van der Waals surface area contributed by atoms with Crippen LogP contribution in [0.1, 0.15) is 5.56 Å². The number of anilines is 2. The maximum absolute atomic E-state index is 9.58. The van der Waals surface area contributed by atoms with Gasteiger partial charge in [-0.25, -0.2) is 0 Å². The number of aromatic hydroxyl groups is 1. The van der Waals surface area contributed by atoms with E-state index in [1.165, 1.54) is 4.90 Å². The molecule has 0 bridgehead atoms. The third-order valence-corrected chi connectivity index (χ3v) is 3.93. The van der Waals surface area contributed by atoms with E-state index < -0.39 is 0 Å². The molecule has 0 spiro atoms. The number of rotatable bonds is 4. The van der Waals surface area contributed by atoms with Crippen molar-refractivity contribution in [2.45, 2.75) is 11.4 Å². The van der Waals surface area contributed by atoms with E-state index in [1.807, 2.05) is 42.5 Å². The minimum Gasteiger partial charge on any atom is -0.508 e. The maximum Gasteiger partial charge on any atom is 0.117 e. The Balaban J connectivity index is 2.46. The second-order valence-electron chi connectivity index (χ2n) is 4.24. The lowest BCUT2D eigenvalue weighted by Crippen LogP contribution is -2.14. The van der Waals surface area contributed by atoms with Gasteiger partial charge in [-0.15, -0.1) is 11.8 Å². The summed E-state index contributed by atoms with van der Waals surface area (Å²) in [6.07, 6.45) is 2.05. The van der Waals surface area contributed by atoms with Crippen LogP contribution in [0.5, 0.6) is 5.75 Å². The summed E-state index contributed by atoms with van der Waals surface area (Å²) in [5, 5.41) is 9.58. The quantitative estimate of drug-likeness (QED) is 0.840. The van der Waals surface area contributed by atoms with Gasteiger partial charge in [-0.2, -0.15) is 0 Å². The Morgan fingerprint density at radius 3 is 2.58 bits per heavy atom. The van der Waals surface area contributed by atoms with Crippen molar-refractivity contribution in [1.29, 1.82) is 0 Å². The topological polar surface area (TPSA) is 49.5 Å². The fourth-order valence-corrected chi connectivity index (χ4v) is 2.75. The van der Waals surface area contributed by atoms with E-state index in [-0.39, 0.29) is 5.75 Å². The molecule has 0 aliphatic rings. The molecular formula is C15H18N2OS. The predicted octanol–water partition coefficient (Wildman–Crippen LogP) is 3.34. The molecule has 3 nitrogen and oxygen atoms in total. The van der Waals surface area contributed by atoms with Crippen LogP contribution in [0.3, 0.4) is 0 Å². The Morgan fingerprint density at radius 1 is 1.21 bits per heavy atom. The Bertz CT molecular complexity index is 572. The van der Waals surface area contributed by atoms with Crippen LogP contribution in [0.2, 0.25) is 0 Å². The summed E-state index contributed by atoms with van der Waals surface area (Å²) >= 11 is 1.69. The van der Waals surface area contributed by atoms with Crippen LogP contribution in [0, 0.1) is 0 Å². The van der Waals surface area contributed by atoms with Gasteiger partial charge in [-0.05, 0) is 30.5 Å². The number of hydrogen-bond donors (Lipinski definition) is 2. The van der Waals surface area contributed by atoms with Crippen molar-refractivity contribution >= 4 is 23.1 Å². The minimum absolute atomic E-state index is 0.264. The summed E-state index contributed by atoms with van der Waals surface area (Å²) in [5.41, 5.74) is 9.02. The average Bonchev–Trinajstić information content (AvgIpc) is 2.45. The number of phenolic OH excluding ortho intramolecular Hbond substituents is 1. The molecule has 2 rings (SSSR count). The predicted molar refractivity (Wildman–Crippen MR) is 82.3 cm³/mol. The summed E-state index contributed by atoms with van der Waals surface area (Å²) in [7, 11) is 1.98. The molecule has 0 unspecified atom stereocenters. The van der Waals surface area contributed by atoms with Crippen LogP contribution in [-0.2, 0) is 6.54 Å². The lowest BCUT2D eigenvalue weighted by molar-refractivity contribution is 0.475. The molecule has 19 heavy (non-hydrogen) atoms. The van der Waals surface area contributed by atoms with Gasteiger partial charge < -0.3 is 15.7 Å². The van der Waals surface area contributed by atoms with Crippen LogP contribution >= 0.6 is 11.8 Å². The molecule has 0 fully saturated rings. The van der Waals surface area contributed by atoms with Gasteiger partial charge in [0, 0.05) is 41.5 Å². The van der Waals surface area contributed by atoms with Crippen molar-refractivity contribution in [2.75, 3.05) is 18.2 Å². The van der Waals surface area contributed by atoms with Gasteiger partial charge in [0.15, 0.2) is 0 Å². The van der Waals surface area contributed by atoms with Gasteiger partial charge in [-0.1, -0.05) is 12.1 Å². The zero-order valence-corrected chi connectivity index (χ0v) is 11.9. The largest absolute Gasteiger partial charge is 0.508 e. The Hall–Kier alpha value is -1.65. The zero-order valence-electron chi connectivity index (χ0n) is 11.1. The summed E-state index contributed by atoms with van der Waals surface area (Å²) in [6, 6.07) is 13.4. The van der Waals surface area contributed by atoms with E-state index in [2.05, 4.69) is 6.07 Å². The van der Waals surface area contributed by atoms with Crippen molar-refractivity contribution in [2.24, 2.45) is 5.73 Å². The normalized spacial score (nSPS) is 10.5. The molecule has 3 N–H and O–H groups in total. The SMILES string of the molecule is CSc1cccc(N(C)c2cccc(O)c2)c1CN. The fourth-order valence-electron chi connectivity index (χ4n) is 2.11. The molecule has 0 amide bonds. The highest BCUT2D eigenvalue weighted by Crippen LogP contribution is 2.33. The third-order valence-electron chi connectivity index (χ3n) is 3.11. The highest BCUT2D eigenvalue weighted by molar-refractivity contribution is 7.98. The first kappa shape index (κ1) is 13.8. The van der Waals surface area contributed by atoms with Crippen molar-refractivity contribution < 1.29 is 5.11 Å². The second kappa shape index (κ2) is 5.99. The first-order chi connectivity index (χ1) is 9.17. The Morgan fingerprint density at radius 2 is 1.95 bits per heavy atom. The van der Waals surface area contributed by atoms with E-state index >= 15 is 0 Å². The van der Waals surface area contributed by atoms with Crippen LogP contribution in [0.4, 0.5) is 11.4 Å². The first-order valence-corrected chi connectivity index (χ1v) is 7.28. The third kappa shape index (κ3) is 2.85. The molecule has 0 aliphatic heterocycles. The van der Waals surface area contributed by atoms with E-state index in [9.17, 15) is 5.11 Å². The summed E-state index contributed by atoms with van der Waals surface area (Å²) in [5.74, 6) is 0.264. The van der Waals surface area contributed by atoms with E-state index in [1.54, 1.807) is 23.9 Å². The summed E-state index contributed by atoms with van der Waals surface area (Å²) in [4.78, 5) is 3.23. The van der Waals surface area contributed by atoms with Crippen molar-refractivity contribution in [3.05, 3.63) is 48.0 Å². The highest BCUT2D eigenvalue weighted by atomic mass is 32.2. The van der Waals surface area contributed by atoms with Crippen LogP contribution in [-0.4, -0.2) is 18.4 Å². The van der Waals surface area contributed by atoms with E-state index in [0.29, 0.717) is 6.54 Å². The minimum atomic E-state index is 0.264. The average molecular weight is 274 g/mol. The summed E-state index contributed by atoms with van der Waals surface area (Å²) in [6.45, 7) is 0.496. The molecule has 4 heteroatoms. The molecule has 0 saturated heterocycles. The summed E-state index contributed by atoms with van der Waals surface area (Å²) < 4.78 is 0. The molecule has 0 aromatic heterocycles. The van der Waals surface area contributed by atoms with Crippen molar-refractivity contribution in [3.8, 4) is 5.75 Å². The van der Waals surface area contributed by atoms with Crippen LogP contribution in [0.25, 0.3) is 0 Å². The monoisotopic (exact) mass is 274 g/mol. The molecular weight excluding hydrogens is 256 g/mol. The lowest BCUT2D eigenvalue weighted by atomic mass is 10.1. The molecule has 0 radical (unpaired) electrons. The number of thioether (sulfide) groups is 1. The molecule has 2 aromatic rings. The zero-order chi connectivity index (χ0) is 13.8. The van der Waals surface area contributed by atoms with E-state index in [0.717, 1.165) is 16.9 Å². The first-order valence-electron chi connectivity index (χ1n) is 6.06. The number of nitrogens with two attached hydrogens (primary N) is 1. The van der Waals surface area contributed by atoms with Gasteiger partial charge in [0.1, 0.15) is 5.75 Å². The number of phenols is 1. The van der Waals surface area contributed by atoms with Gasteiger partial charge in [-0.3, -0.25) is 0 Å². The molecule has 100 valence electrons. The standard InChI is InChI=1S/C15H18N2OS/c1-17(11-5-3-6-12(18)9-11)14-7-4-8-15(19-2)13(14)10-16/h3-9,18H,10,16H2,1-2H3. The smallest absolute Gasteiger partial charge is 0.117 e. The lowest BCUT2D eigenvalue weighted by Gasteiger charge is -2.23. The molecule has 0 saturated carbocycles. The van der Waals surface area contributed by atoms with Crippen molar-refractivity contribution in [3.63, 3.8) is 0 Å². The second-order valence-corrected chi connectivity index (χ2v) is 5.09. The molecule has 2 aromatic carbocycles. The Labute approximate surface area is 118 Å². The fraction of sp³-hybridized carbons (Fsp3) is 0.200. The van der Waals surface area contributed by atoms with Crippen LogP contribution < -0.4 is 10.6 Å². The number of benzene rings is 2. The molecule has 0 aliphatic carbocycles. The van der Waals surface area contributed by atoms with Gasteiger partial charge in [0.05, 0.1) is 0 Å². The van der Waals surface area contributed by atoms with Gasteiger partial charge in [0.2, 0.25) is 0 Å². The number of nitrogens with zero attached hydrogens (tertiary/aromatic N) is 1. The van der Waals surface area contributed by atoms with Gasteiger partial charge in [0.25, 0.3) is 0 Å². The highest BCUT2D eigenvalue weighted by Gasteiger charge is 2.11.